The minimum absolute atomic E-state index is 0.108. The maximum absolute atomic E-state index is 13.6. The second-order valence-electron chi connectivity index (χ2n) is 7.08. The van der Waals surface area contributed by atoms with Gasteiger partial charge < -0.3 is 11.1 Å². The van der Waals surface area contributed by atoms with Crippen LogP contribution >= 0.6 is 0 Å². The van der Waals surface area contributed by atoms with Crippen LogP contribution in [0.25, 0.3) is 0 Å². The number of carbonyl (C=O) groups is 2. The van der Waals surface area contributed by atoms with Gasteiger partial charge in [-0.3, -0.25) is 13.9 Å². The van der Waals surface area contributed by atoms with Gasteiger partial charge in [-0.1, -0.05) is 35.9 Å². The number of anilines is 2. The third kappa shape index (κ3) is 5.30. The predicted octanol–water partition coefficient (Wildman–Crippen LogP) is 3.46. The van der Waals surface area contributed by atoms with Crippen LogP contribution < -0.4 is 15.4 Å². The van der Waals surface area contributed by atoms with Crippen LogP contribution in [0.5, 0.6) is 0 Å². The molecule has 3 aromatic rings. The summed E-state index contributed by atoms with van der Waals surface area (Å²) in [6.07, 6.45) is -0.177. The summed E-state index contributed by atoms with van der Waals surface area (Å²) in [7, 11) is -3.92. The molecule has 0 aliphatic heterocycles. The van der Waals surface area contributed by atoms with Crippen LogP contribution in [0.1, 0.15) is 22.3 Å². The number of sulfonamides is 1. The normalized spacial score (nSPS) is 11.1. The topological polar surface area (TPSA) is 110 Å². The Morgan fingerprint density at radius 3 is 2.28 bits per heavy atom. The van der Waals surface area contributed by atoms with E-state index >= 15 is 0 Å². The molecule has 166 valence electrons. The lowest BCUT2D eigenvalue weighted by atomic mass is 10.1. The predicted molar refractivity (Wildman–Crippen MR) is 120 cm³/mol. The summed E-state index contributed by atoms with van der Waals surface area (Å²) in [5, 5.41) is 2.54. The van der Waals surface area contributed by atoms with Gasteiger partial charge in [0.1, 0.15) is 5.82 Å². The Bertz CT molecular complexity index is 1230. The van der Waals surface area contributed by atoms with E-state index in [-0.39, 0.29) is 29.1 Å². The van der Waals surface area contributed by atoms with Crippen LogP contribution in [0.3, 0.4) is 0 Å². The van der Waals surface area contributed by atoms with Crippen molar-refractivity contribution in [1.29, 1.82) is 0 Å². The standard InChI is InChI=1S/C23H22FN3O4S/c1-16-7-10-19(11-8-16)32(30,31)27(18-5-3-2-4-6-18)14-13-22(28)26-17-9-12-21(24)20(15-17)23(25)29/h2-12,15H,13-14H2,1H3,(H2,25,29)(H,26,28). The average molecular weight is 456 g/mol. The van der Waals surface area contributed by atoms with Gasteiger partial charge in [0.2, 0.25) is 5.91 Å². The van der Waals surface area contributed by atoms with Gasteiger partial charge in [-0.05, 0) is 49.4 Å². The van der Waals surface area contributed by atoms with Gasteiger partial charge in [0.25, 0.3) is 15.9 Å². The molecule has 3 rings (SSSR count). The van der Waals surface area contributed by atoms with Crippen molar-refractivity contribution in [2.75, 3.05) is 16.2 Å². The first-order chi connectivity index (χ1) is 15.2. The van der Waals surface area contributed by atoms with Crippen molar-refractivity contribution in [3.05, 3.63) is 89.7 Å². The van der Waals surface area contributed by atoms with Crippen molar-refractivity contribution < 1.29 is 22.4 Å². The lowest BCUT2D eigenvalue weighted by Gasteiger charge is -2.24. The van der Waals surface area contributed by atoms with Crippen molar-refractivity contribution in [2.45, 2.75) is 18.2 Å². The van der Waals surface area contributed by atoms with Crippen LogP contribution in [0.15, 0.2) is 77.7 Å². The largest absolute Gasteiger partial charge is 0.366 e. The molecular weight excluding hydrogens is 433 g/mol. The fourth-order valence-corrected chi connectivity index (χ4v) is 4.50. The zero-order chi connectivity index (χ0) is 23.3. The van der Waals surface area contributed by atoms with E-state index in [0.717, 1.165) is 22.0 Å². The molecule has 0 atom stereocenters. The van der Waals surface area contributed by atoms with E-state index in [4.69, 9.17) is 5.73 Å². The molecular formula is C23H22FN3O4S. The zero-order valence-corrected chi connectivity index (χ0v) is 18.1. The number of hydrogen-bond acceptors (Lipinski definition) is 4. The first kappa shape index (κ1) is 23.0. The lowest BCUT2D eigenvalue weighted by Crippen LogP contribution is -2.34. The van der Waals surface area contributed by atoms with Gasteiger partial charge in [0.15, 0.2) is 0 Å². The number of primary amides is 1. The van der Waals surface area contributed by atoms with Crippen LogP contribution in [-0.4, -0.2) is 26.8 Å². The van der Waals surface area contributed by atoms with E-state index in [1.807, 2.05) is 6.92 Å². The Balaban J connectivity index is 1.80. The van der Waals surface area contributed by atoms with Gasteiger partial charge in [-0.15, -0.1) is 0 Å². The monoisotopic (exact) mass is 455 g/mol. The number of hydrogen-bond donors (Lipinski definition) is 2. The summed E-state index contributed by atoms with van der Waals surface area (Å²) in [4.78, 5) is 23.9. The molecule has 0 aromatic heterocycles. The molecule has 0 saturated heterocycles. The highest BCUT2D eigenvalue weighted by Crippen LogP contribution is 2.24. The molecule has 0 aliphatic carbocycles. The highest BCUT2D eigenvalue weighted by Gasteiger charge is 2.25. The summed E-state index contributed by atoms with van der Waals surface area (Å²) in [5.41, 5.74) is 6.29. The number of aryl methyl sites for hydroxylation is 1. The number of nitrogens with two attached hydrogens (primary N) is 1. The molecule has 9 heteroatoms. The summed E-state index contributed by atoms with van der Waals surface area (Å²) >= 11 is 0. The third-order valence-electron chi connectivity index (χ3n) is 4.71. The van der Waals surface area contributed by atoms with E-state index in [2.05, 4.69) is 5.32 Å². The minimum atomic E-state index is -3.92. The van der Waals surface area contributed by atoms with Crippen molar-refractivity contribution in [1.82, 2.24) is 0 Å². The Morgan fingerprint density at radius 2 is 1.66 bits per heavy atom. The molecule has 0 unspecified atom stereocenters. The van der Waals surface area contributed by atoms with Gasteiger partial charge in [0, 0.05) is 18.7 Å². The summed E-state index contributed by atoms with van der Waals surface area (Å²) < 4.78 is 41.3. The fourth-order valence-electron chi connectivity index (χ4n) is 3.04. The Labute approximate surface area is 185 Å². The average Bonchev–Trinajstić information content (AvgIpc) is 2.76. The molecule has 2 amide bonds. The summed E-state index contributed by atoms with van der Waals surface area (Å²) in [6.45, 7) is 1.73. The number of benzene rings is 3. The molecule has 0 spiro atoms. The Morgan fingerprint density at radius 1 is 1.00 bits per heavy atom. The SMILES string of the molecule is Cc1ccc(S(=O)(=O)N(CCC(=O)Nc2ccc(F)c(C(N)=O)c2)c2ccccc2)cc1. The Hall–Kier alpha value is -3.72. The van der Waals surface area contributed by atoms with Crippen LogP contribution in [0.2, 0.25) is 0 Å². The maximum atomic E-state index is 13.6. The third-order valence-corrected chi connectivity index (χ3v) is 6.55. The molecule has 0 heterocycles. The number of nitrogens with one attached hydrogen (secondary N) is 1. The number of nitrogens with zero attached hydrogens (tertiary/aromatic N) is 1. The van der Waals surface area contributed by atoms with Gasteiger partial charge in [0.05, 0.1) is 16.1 Å². The minimum Gasteiger partial charge on any atom is -0.366 e. The number of carbonyl (C=O) groups excluding carboxylic acids is 2. The number of amides is 2. The van der Waals surface area contributed by atoms with Crippen molar-refractivity contribution >= 4 is 33.2 Å². The number of rotatable bonds is 8. The molecule has 0 aliphatic rings. The molecule has 0 saturated carbocycles. The summed E-state index contributed by atoms with van der Waals surface area (Å²) in [5.74, 6) is -2.26. The van der Waals surface area contributed by atoms with Crippen molar-refractivity contribution in [3.63, 3.8) is 0 Å². The van der Waals surface area contributed by atoms with E-state index in [1.165, 1.54) is 18.2 Å². The highest BCUT2D eigenvalue weighted by molar-refractivity contribution is 7.92. The Kier molecular flexibility index (Phi) is 6.89. The molecule has 3 aromatic carbocycles. The zero-order valence-electron chi connectivity index (χ0n) is 17.3. The van der Waals surface area contributed by atoms with E-state index in [9.17, 15) is 22.4 Å². The second-order valence-corrected chi connectivity index (χ2v) is 8.95. The lowest BCUT2D eigenvalue weighted by molar-refractivity contribution is -0.116. The number of halogens is 1. The maximum Gasteiger partial charge on any atom is 0.264 e. The van der Waals surface area contributed by atoms with Gasteiger partial charge in [-0.25, -0.2) is 12.8 Å². The van der Waals surface area contributed by atoms with Crippen molar-refractivity contribution in [3.8, 4) is 0 Å². The second kappa shape index (κ2) is 9.61. The smallest absolute Gasteiger partial charge is 0.264 e. The molecule has 32 heavy (non-hydrogen) atoms. The van der Waals surface area contributed by atoms with E-state index < -0.39 is 27.7 Å². The molecule has 3 N–H and O–H groups in total. The van der Waals surface area contributed by atoms with E-state index in [0.29, 0.717) is 5.69 Å². The van der Waals surface area contributed by atoms with Gasteiger partial charge >= 0.3 is 0 Å². The van der Waals surface area contributed by atoms with E-state index in [1.54, 1.807) is 42.5 Å². The first-order valence-corrected chi connectivity index (χ1v) is 11.2. The molecule has 0 fully saturated rings. The van der Waals surface area contributed by atoms with Crippen LogP contribution in [-0.2, 0) is 14.8 Å². The van der Waals surface area contributed by atoms with Crippen LogP contribution in [0, 0.1) is 12.7 Å². The first-order valence-electron chi connectivity index (χ1n) is 9.72. The highest BCUT2D eigenvalue weighted by atomic mass is 32.2. The quantitative estimate of drug-likeness (QED) is 0.542. The van der Waals surface area contributed by atoms with Crippen LogP contribution in [0.4, 0.5) is 15.8 Å². The summed E-state index contributed by atoms with van der Waals surface area (Å²) in [6, 6.07) is 18.3. The van der Waals surface area contributed by atoms with Crippen molar-refractivity contribution in [2.24, 2.45) is 5.73 Å². The molecule has 0 bridgehead atoms. The van der Waals surface area contributed by atoms with Gasteiger partial charge in [-0.2, -0.15) is 0 Å². The molecule has 0 radical (unpaired) electrons. The molecule has 7 nitrogen and oxygen atoms in total. The number of para-hydroxylation sites is 1. The fraction of sp³-hybridized carbons (Fsp3) is 0.130.